The molecule has 5 heteroatoms. The van der Waals surface area contributed by atoms with E-state index in [9.17, 15) is 4.79 Å². The van der Waals surface area contributed by atoms with E-state index in [1.54, 1.807) is 25.3 Å². The highest BCUT2D eigenvalue weighted by molar-refractivity contribution is 9.10. The van der Waals surface area contributed by atoms with Gasteiger partial charge in [0.15, 0.2) is 0 Å². The number of ether oxygens (including phenoxy) is 1. The Hall–Kier alpha value is -0.580. The third kappa shape index (κ3) is 2.87. The molecule has 1 fully saturated rings. The van der Waals surface area contributed by atoms with Crippen molar-refractivity contribution in [1.82, 2.24) is 5.32 Å². The second-order valence-electron chi connectivity index (χ2n) is 4.55. The van der Waals surface area contributed by atoms with Crippen LogP contribution in [0.5, 0.6) is 0 Å². The molecule has 1 N–H and O–H groups in total. The average Bonchev–Trinajstić information content (AvgIpc) is 2.31. The van der Waals surface area contributed by atoms with Gasteiger partial charge in [-0.3, -0.25) is 4.79 Å². The van der Waals surface area contributed by atoms with Gasteiger partial charge in [0.2, 0.25) is 0 Å². The fraction of sp³-hybridized carbons (Fsp3) is 0.462. The first-order chi connectivity index (χ1) is 8.56. The molecule has 0 heterocycles. The fourth-order valence-electron chi connectivity index (χ4n) is 2.00. The monoisotopic (exact) mass is 331 g/mol. The predicted molar refractivity (Wildman–Crippen MR) is 75.1 cm³/mol. The molecule has 1 aliphatic carbocycles. The van der Waals surface area contributed by atoms with E-state index in [1.807, 2.05) is 0 Å². The van der Waals surface area contributed by atoms with Crippen molar-refractivity contribution >= 4 is 33.4 Å². The summed E-state index contributed by atoms with van der Waals surface area (Å²) in [5.41, 5.74) is 0.406. The van der Waals surface area contributed by atoms with Crippen molar-refractivity contribution in [2.45, 2.75) is 24.9 Å². The molecule has 98 valence electrons. The molecule has 0 bridgehead atoms. The van der Waals surface area contributed by atoms with Crippen molar-refractivity contribution in [3.8, 4) is 0 Å². The first-order valence-electron chi connectivity index (χ1n) is 5.85. The Labute approximate surface area is 120 Å². The molecule has 1 aliphatic rings. The first kappa shape index (κ1) is 13.8. The Bertz CT molecular complexity index is 455. The second kappa shape index (κ2) is 5.59. The van der Waals surface area contributed by atoms with Crippen molar-refractivity contribution in [2.75, 3.05) is 13.7 Å². The molecule has 1 aromatic rings. The van der Waals surface area contributed by atoms with Crippen LogP contribution in [-0.2, 0) is 4.74 Å². The van der Waals surface area contributed by atoms with Crippen molar-refractivity contribution in [3.63, 3.8) is 0 Å². The number of hydrogen-bond acceptors (Lipinski definition) is 2. The number of carbonyl (C=O) groups excluding carboxylic acids is 1. The normalized spacial score (nSPS) is 17.1. The third-order valence-corrected chi connectivity index (χ3v) is 4.68. The van der Waals surface area contributed by atoms with Crippen molar-refractivity contribution in [3.05, 3.63) is 33.3 Å². The number of carbonyl (C=O) groups is 1. The van der Waals surface area contributed by atoms with Crippen LogP contribution in [0.1, 0.15) is 29.6 Å². The summed E-state index contributed by atoms with van der Waals surface area (Å²) in [5.74, 6) is -0.118. The molecule has 0 aliphatic heterocycles. The molecule has 18 heavy (non-hydrogen) atoms. The Morgan fingerprint density at radius 3 is 2.78 bits per heavy atom. The number of amides is 1. The highest BCUT2D eigenvalue weighted by Crippen LogP contribution is 2.34. The fourth-order valence-corrected chi connectivity index (χ4v) is 2.43. The van der Waals surface area contributed by atoms with Gasteiger partial charge in [-0.1, -0.05) is 11.6 Å². The minimum atomic E-state index is -0.158. The highest BCUT2D eigenvalue weighted by Gasteiger charge is 2.37. The van der Waals surface area contributed by atoms with Crippen LogP contribution in [0, 0.1) is 0 Å². The molecule has 0 spiro atoms. The molecule has 3 nitrogen and oxygen atoms in total. The van der Waals surface area contributed by atoms with Crippen LogP contribution in [0.2, 0.25) is 5.02 Å². The summed E-state index contributed by atoms with van der Waals surface area (Å²) in [6.07, 6.45) is 3.17. The summed E-state index contributed by atoms with van der Waals surface area (Å²) in [6, 6.07) is 5.17. The average molecular weight is 333 g/mol. The smallest absolute Gasteiger partial charge is 0.251 e. The Morgan fingerprint density at radius 2 is 2.28 bits per heavy atom. The van der Waals surface area contributed by atoms with Crippen molar-refractivity contribution < 1.29 is 9.53 Å². The predicted octanol–water partition coefficient (Wildman–Crippen LogP) is 3.40. The maximum atomic E-state index is 12.0. The summed E-state index contributed by atoms with van der Waals surface area (Å²) in [7, 11) is 1.70. The Kier molecular flexibility index (Phi) is 4.30. The maximum Gasteiger partial charge on any atom is 0.251 e. The molecule has 1 aromatic carbocycles. The van der Waals surface area contributed by atoms with E-state index in [4.69, 9.17) is 16.3 Å². The number of nitrogens with one attached hydrogen (secondary N) is 1. The van der Waals surface area contributed by atoms with Gasteiger partial charge in [0.25, 0.3) is 5.91 Å². The Balaban J connectivity index is 1.97. The van der Waals surface area contributed by atoms with Gasteiger partial charge < -0.3 is 10.1 Å². The number of methoxy groups -OCH3 is 1. The molecule has 0 atom stereocenters. The number of halogens is 2. The van der Waals surface area contributed by atoms with Gasteiger partial charge in [0, 0.05) is 23.7 Å². The zero-order chi connectivity index (χ0) is 13.2. The second-order valence-corrected chi connectivity index (χ2v) is 5.81. The molecule has 0 aromatic heterocycles. The van der Waals surface area contributed by atoms with Crippen LogP contribution in [0.15, 0.2) is 22.7 Å². The van der Waals surface area contributed by atoms with E-state index in [2.05, 4.69) is 21.2 Å². The minimum Gasteiger partial charge on any atom is -0.376 e. The zero-order valence-electron chi connectivity index (χ0n) is 10.1. The van der Waals surface area contributed by atoms with Gasteiger partial charge in [-0.05, 0) is 53.4 Å². The molecular formula is C13H15BrClNO2. The van der Waals surface area contributed by atoms with E-state index >= 15 is 0 Å². The van der Waals surface area contributed by atoms with E-state index in [-0.39, 0.29) is 11.5 Å². The van der Waals surface area contributed by atoms with Gasteiger partial charge in [0.1, 0.15) is 0 Å². The Morgan fingerprint density at radius 1 is 1.56 bits per heavy atom. The SMILES string of the molecule is COC1(CNC(=O)c2ccc(Br)c(Cl)c2)CCC1. The molecule has 0 radical (unpaired) electrons. The molecular weight excluding hydrogens is 318 g/mol. The number of rotatable bonds is 4. The lowest BCUT2D eigenvalue weighted by Crippen LogP contribution is -2.49. The lowest BCUT2D eigenvalue weighted by molar-refractivity contribution is -0.0679. The lowest BCUT2D eigenvalue weighted by atomic mass is 9.80. The molecule has 2 rings (SSSR count). The zero-order valence-corrected chi connectivity index (χ0v) is 12.5. The molecule has 0 unspecified atom stereocenters. The van der Waals surface area contributed by atoms with E-state index < -0.39 is 0 Å². The quantitative estimate of drug-likeness (QED) is 0.917. The summed E-state index contributed by atoms with van der Waals surface area (Å²) in [5, 5.41) is 3.44. The van der Waals surface area contributed by atoms with Gasteiger partial charge >= 0.3 is 0 Å². The molecule has 1 amide bonds. The summed E-state index contributed by atoms with van der Waals surface area (Å²) < 4.78 is 6.24. The molecule has 0 saturated heterocycles. The summed E-state index contributed by atoms with van der Waals surface area (Å²) in [4.78, 5) is 12.0. The number of benzene rings is 1. The van der Waals surface area contributed by atoms with E-state index in [0.29, 0.717) is 17.1 Å². The maximum absolute atomic E-state index is 12.0. The highest BCUT2D eigenvalue weighted by atomic mass is 79.9. The van der Waals surface area contributed by atoms with E-state index in [0.717, 1.165) is 23.7 Å². The van der Waals surface area contributed by atoms with Crippen LogP contribution < -0.4 is 5.32 Å². The van der Waals surface area contributed by atoms with Crippen LogP contribution in [0.25, 0.3) is 0 Å². The van der Waals surface area contributed by atoms with Gasteiger partial charge in [0.05, 0.1) is 10.6 Å². The van der Waals surface area contributed by atoms with Crippen LogP contribution in [0.4, 0.5) is 0 Å². The van der Waals surface area contributed by atoms with Crippen LogP contribution in [0.3, 0.4) is 0 Å². The third-order valence-electron chi connectivity index (χ3n) is 3.45. The summed E-state index contributed by atoms with van der Waals surface area (Å²) in [6.45, 7) is 0.552. The van der Waals surface area contributed by atoms with Crippen molar-refractivity contribution in [1.29, 1.82) is 0 Å². The van der Waals surface area contributed by atoms with Gasteiger partial charge in [-0.25, -0.2) is 0 Å². The van der Waals surface area contributed by atoms with Crippen molar-refractivity contribution in [2.24, 2.45) is 0 Å². The topological polar surface area (TPSA) is 38.3 Å². The van der Waals surface area contributed by atoms with Crippen LogP contribution in [-0.4, -0.2) is 25.2 Å². The van der Waals surface area contributed by atoms with Gasteiger partial charge in [-0.2, -0.15) is 0 Å². The van der Waals surface area contributed by atoms with Gasteiger partial charge in [-0.15, -0.1) is 0 Å². The summed E-state index contributed by atoms with van der Waals surface area (Å²) >= 11 is 9.26. The molecule has 1 saturated carbocycles. The first-order valence-corrected chi connectivity index (χ1v) is 7.02. The number of hydrogen-bond donors (Lipinski definition) is 1. The standard InChI is InChI=1S/C13H15BrClNO2/c1-18-13(5-2-6-13)8-16-12(17)9-3-4-10(14)11(15)7-9/h3-4,7H,2,5-6,8H2,1H3,(H,16,17). The lowest BCUT2D eigenvalue weighted by Gasteiger charge is -2.40. The van der Waals surface area contributed by atoms with E-state index in [1.165, 1.54) is 0 Å². The largest absolute Gasteiger partial charge is 0.376 e. The van der Waals surface area contributed by atoms with Crippen LogP contribution >= 0.6 is 27.5 Å². The minimum absolute atomic E-state index is 0.118.